The maximum atomic E-state index is 13.3. The maximum Gasteiger partial charge on any atom is 0.227 e. The van der Waals surface area contributed by atoms with Gasteiger partial charge in [0.05, 0.1) is 6.42 Å². The van der Waals surface area contributed by atoms with Crippen LogP contribution in [0.5, 0.6) is 0 Å². The SMILES string of the molecule is NC[C@@H]1CN(C(=O)Cc2ccc(F)c(F)c2)C[C@H]1c1ccccc1. The molecular weight excluding hydrogens is 310 g/mol. The number of likely N-dealkylation sites (tertiary alicyclic amines) is 1. The number of amides is 1. The molecule has 5 heteroatoms. The minimum Gasteiger partial charge on any atom is -0.341 e. The molecule has 0 radical (unpaired) electrons. The molecule has 1 fully saturated rings. The van der Waals surface area contributed by atoms with Crippen molar-refractivity contribution in [3.05, 3.63) is 71.3 Å². The summed E-state index contributed by atoms with van der Waals surface area (Å²) in [4.78, 5) is 14.3. The number of carbonyl (C=O) groups excluding carboxylic acids is 1. The smallest absolute Gasteiger partial charge is 0.227 e. The molecule has 3 nitrogen and oxygen atoms in total. The van der Waals surface area contributed by atoms with Crippen LogP contribution in [0, 0.1) is 17.6 Å². The zero-order chi connectivity index (χ0) is 17.1. The molecule has 2 aromatic carbocycles. The summed E-state index contributed by atoms with van der Waals surface area (Å²) in [5.41, 5.74) is 7.54. The molecule has 2 atom stereocenters. The first-order valence-electron chi connectivity index (χ1n) is 8.05. The third kappa shape index (κ3) is 3.46. The lowest BCUT2D eigenvalue weighted by Crippen LogP contribution is -2.31. The molecule has 1 saturated heterocycles. The van der Waals surface area contributed by atoms with Crippen molar-refractivity contribution in [2.75, 3.05) is 19.6 Å². The second-order valence-corrected chi connectivity index (χ2v) is 6.24. The van der Waals surface area contributed by atoms with Crippen molar-refractivity contribution in [3.8, 4) is 0 Å². The van der Waals surface area contributed by atoms with Gasteiger partial charge in [-0.05, 0) is 35.7 Å². The van der Waals surface area contributed by atoms with E-state index in [1.165, 1.54) is 11.6 Å². The van der Waals surface area contributed by atoms with E-state index in [1.807, 2.05) is 18.2 Å². The Hall–Kier alpha value is -2.27. The van der Waals surface area contributed by atoms with Gasteiger partial charge in [-0.25, -0.2) is 8.78 Å². The van der Waals surface area contributed by atoms with Crippen LogP contribution >= 0.6 is 0 Å². The summed E-state index contributed by atoms with van der Waals surface area (Å²) < 4.78 is 26.3. The van der Waals surface area contributed by atoms with E-state index in [4.69, 9.17) is 5.73 Å². The number of benzene rings is 2. The Bertz CT molecular complexity index is 721. The predicted molar refractivity (Wildman–Crippen MR) is 88.4 cm³/mol. The van der Waals surface area contributed by atoms with Crippen molar-refractivity contribution >= 4 is 5.91 Å². The topological polar surface area (TPSA) is 46.3 Å². The highest BCUT2D eigenvalue weighted by Gasteiger charge is 2.35. The first-order chi connectivity index (χ1) is 11.6. The van der Waals surface area contributed by atoms with Gasteiger partial charge < -0.3 is 10.6 Å². The largest absolute Gasteiger partial charge is 0.341 e. The number of hydrogen-bond donors (Lipinski definition) is 1. The Balaban J connectivity index is 1.71. The zero-order valence-corrected chi connectivity index (χ0v) is 13.3. The van der Waals surface area contributed by atoms with Crippen molar-refractivity contribution < 1.29 is 13.6 Å². The van der Waals surface area contributed by atoms with Crippen LogP contribution in [-0.2, 0) is 11.2 Å². The molecule has 0 spiro atoms. The fourth-order valence-corrected chi connectivity index (χ4v) is 3.33. The van der Waals surface area contributed by atoms with Gasteiger partial charge in [0, 0.05) is 19.0 Å². The monoisotopic (exact) mass is 330 g/mol. The minimum atomic E-state index is -0.927. The lowest BCUT2D eigenvalue weighted by Gasteiger charge is -2.17. The van der Waals surface area contributed by atoms with Gasteiger partial charge in [0.2, 0.25) is 5.91 Å². The fourth-order valence-electron chi connectivity index (χ4n) is 3.33. The van der Waals surface area contributed by atoms with E-state index in [1.54, 1.807) is 4.90 Å². The molecule has 0 aromatic heterocycles. The van der Waals surface area contributed by atoms with E-state index >= 15 is 0 Å². The van der Waals surface area contributed by atoms with Crippen molar-refractivity contribution in [2.45, 2.75) is 12.3 Å². The first kappa shape index (κ1) is 16.6. The molecule has 1 aliphatic heterocycles. The van der Waals surface area contributed by atoms with Crippen LogP contribution in [0.4, 0.5) is 8.78 Å². The van der Waals surface area contributed by atoms with E-state index < -0.39 is 11.6 Å². The highest BCUT2D eigenvalue weighted by atomic mass is 19.2. The van der Waals surface area contributed by atoms with E-state index in [9.17, 15) is 13.6 Å². The quantitative estimate of drug-likeness (QED) is 0.937. The van der Waals surface area contributed by atoms with Crippen molar-refractivity contribution in [3.63, 3.8) is 0 Å². The summed E-state index contributed by atoms with van der Waals surface area (Å²) in [6, 6.07) is 13.6. The molecule has 0 unspecified atom stereocenters. The van der Waals surface area contributed by atoms with E-state index in [0.29, 0.717) is 25.2 Å². The Kier molecular flexibility index (Phi) is 4.90. The van der Waals surface area contributed by atoms with Crippen LogP contribution in [0.2, 0.25) is 0 Å². The third-order valence-corrected chi connectivity index (χ3v) is 4.66. The van der Waals surface area contributed by atoms with Gasteiger partial charge in [-0.2, -0.15) is 0 Å². The van der Waals surface area contributed by atoms with E-state index in [0.717, 1.165) is 12.1 Å². The van der Waals surface area contributed by atoms with Gasteiger partial charge in [0.15, 0.2) is 11.6 Å². The number of halogens is 2. The molecule has 126 valence electrons. The number of rotatable bonds is 4. The molecule has 1 heterocycles. The molecule has 1 amide bonds. The Morgan fingerprint density at radius 1 is 1.08 bits per heavy atom. The lowest BCUT2D eigenvalue weighted by molar-refractivity contribution is -0.129. The number of hydrogen-bond acceptors (Lipinski definition) is 2. The molecule has 1 aliphatic rings. The molecule has 2 N–H and O–H groups in total. The normalized spacial score (nSPS) is 20.4. The minimum absolute atomic E-state index is 0.0655. The van der Waals surface area contributed by atoms with Crippen LogP contribution in [0.1, 0.15) is 17.0 Å². The van der Waals surface area contributed by atoms with Gasteiger partial charge >= 0.3 is 0 Å². The van der Waals surface area contributed by atoms with Gasteiger partial charge in [-0.1, -0.05) is 36.4 Å². The summed E-state index contributed by atoms with van der Waals surface area (Å²) in [5, 5.41) is 0. The molecule has 24 heavy (non-hydrogen) atoms. The summed E-state index contributed by atoms with van der Waals surface area (Å²) in [7, 11) is 0. The van der Waals surface area contributed by atoms with E-state index in [2.05, 4.69) is 12.1 Å². The fraction of sp³-hybridized carbons (Fsp3) is 0.316. The molecular formula is C19H20F2N2O. The van der Waals surface area contributed by atoms with Gasteiger partial charge in [0.25, 0.3) is 0 Å². The average Bonchev–Trinajstić information content (AvgIpc) is 3.03. The Morgan fingerprint density at radius 2 is 1.83 bits per heavy atom. The highest BCUT2D eigenvalue weighted by molar-refractivity contribution is 5.79. The summed E-state index contributed by atoms with van der Waals surface area (Å²) >= 11 is 0. The predicted octanol–water partition coefficient (Wildman–Crippen LogP) is 2.71. The van der Waals surface area contributed by atoms with Gasteiger partial charge in [-0.3, -0.25) is 4.79 Å². The van der Waals surface area contributed by atoms with Gasteiger partial charge in [0.1, 0.15) is 0 Å². The summed E-state index contributed by atoms with van der Waals surface area (Å²) in [5.74, 6) is -1.49. The zero-order valence-electron chi connectivity index (χ0n) is 13.3. The standard InChI is InChI=1S/C19H20F2N2O/c20-17-7-6-13(8-18(17)21)9-19(24)23-11-15(10-22)16(12-23)14-4-2-1-3-5-14/h1-8,15-16H,9-12,22H2/t15-,16+/m1/s1. The Morgan fingerprint density at radius 3 is 2.50 bits per heavy atom. The molecule has 3 rings (SSSR count). The van der Waals surface area contributed by atoms with Crippen LogP contribution in [0.3, 0.4) is 0 Å². The van der Waals surface area contributed by atoms with Crippen molar-refractivity contribution in [1.82, 2.24) is 4.90 Å². The lowest BCUT2D eigenvalue weighted by atomic mass is 9.89. The average molecular weight is 330 g/mol. The maximum absolute atomic E-state index is 13.3. The molecule has 0 aliphatic carbocycles. The van der Waals surface area contributed by atoms with Crippen LogP contribution in [0.25, 0.3) is 0 Å². The van der Waals surface area contributed by atoms with Crippen LogP contribution < -0.4 is 5.73 Å². The second-order valence-electron chi connectivity index (χ2n) is 6.24. The molecule has 0 saturated carbocycles. The number of nitrogens with zero attached hydrogens (tertiary/aromatic N) is 1. The second kappa shape index (κ2) is 7.09. The van der Waals surface area contributed by atoms with Gasteiger partial charge in [-0.15, -0.1) is 0 Å². The summed E-state index contributed by atoms with van der Waals surface area (Å²) in [6.45, 7) is 1.71. The first-order valence-corrected chi connectivity index (χ1v) is 8.05. The highest BCUT2D eigenvalue weighted by Crippen LogP contribution is 2.32. The van der Waals surface area contributed by atoms with Crippen molar-refractivity contribution in [1.29, 1.82) is 0 Å². The Labute approximate surface area is 140 Å². The third-order valence-electron chi connectivity index (χ3n) is 4.66. The van der Waals surface area contributed by atoms with Crippen molar-refractivity contribution in [2.24, 2.45) is 11.7 Å². The molecule has 2 aromatic rings. The number of nitrogens with two attached hydrogens (primary N) is 1. The van der Waals surface area contributed by atoms with Crippen LogP contribution in [0.15, 0.2) is 48.5 Å². The molecule has 0 bridgehead atoms. The number of carbonyl (C=O) groups is 1. The summed E-state index contributed by atoms with van der Waals surface area (Å²) in [6.07, 6.45) is 0.0655. The van der Waals surface area contributed by atoms with E-state index in [-0.39, 0.29) is 24.2 Å². The van der Waals surface area contributed by atoms with Crippen LogP contribution in [-0.4, -0.2) is 30.4 Å².